The summed E-state index contributed by atoms with van der Waals surface area (Å²) in [6, 6.07) is 3.43. The standard InChI is InChI=1S/C22H34N2O7SSi/c1-14-8-7-9-15-12-32-13-16(10-25)23-19(26)17(11-30-20(27)18(14)15)24(21(28)29)31-33(5,6)22(2,3)4/h7-9,16-17,25H,10-13H2,1-6H3,(H,23,26)(H,28,29). The first-order chi connectivity index (χ1) is 15.3. The number of amides is 2. The molecular weight excluding hydrogens is 464 g/mol. The highest BCUT2D eigenvalue weighted by molar-refractivity contribution is 7.98. The summed E-state index contributed by atoms with van der Waals surface area (Å²) < 4.78 is 11.4. The number of hydrogen-bond acceptors (Lipinski definition) is 7. The summed E-state index contributed by atoms with van der Waals surface area (Å²) in [4.78, 5) is 38.2. The Bertz CT molecular complexity index is 888. The van der Waals surface area contributed by atoms with Crippen LogP contribution < -0.4 is 5.32 Å². The van der Waals surface area contributed by atoms with Crippen LogP contribution in [-0.4, -0.2) is 72.6 Å². The van der Waals surface area contributed by atoms with Gasteiger partial charge < -0.3 is 24.8 Å². The number of aliphatic hydroxyl groups is 1. The molecule has 184 valence electrons. The van der Waals surface area contributed by atoms with E-state index in [1.165, 1.54) is 11.8 Å². The first kappa shape index (κ1) is 27.2. The van der Waals surface area contributed by atoms with E-state index in [0.29, 0.717) is 22.1 Å². The second-order valence-corrected chi connectivity index (χ2v) is 15.3. The number of hydrogen-bond donors (Lipinski definition) is 3. The lowest BCUT2D eigenvalue weighted by Crippen LogP contribution is -2.58. The second-order valence-electron chi connectivity index (χ2n) is 9.59. The fraction of sp³-hybridized carbons (Fsp3) is 0.591. The molecule has 0 aliphatic carbocycles. The van der Waals surface area contributed by atoms with Crippen LogP contribution >= 0.6 is 11.8 Å². The maximum atomic E-state index is 13.1. The van der Waals surface area contributed by atoms with E-state index >= 15 is 0 Å². The summed E-state index contributed by atoms with van der Waals surface area (Å²) in [6.45, 7) is 10.5. The van der Waals surface area contributed by atoms with Crippen molar-refractivity contribution < 1.29 is 33.9 Å². The zero-order valence-electron chi connectivity index (χ0n) is 20.0. The number of ether oxygens (including phenoxy) is 1. The third-order valence-electron chi connectivity index (χ3n) is 5.99. The van der Waals surface area contributed by atoms with E-state index in [0.717, 1.165) is 11.1 Å². The van der Waals surface area contributed by atoms with Crippen LogP contribution in [0.1, 0.15) is 42.3 Å². The van der Waals surface area contributed by atoms with Crippen LogP contribution in [0.2, 0.25) is 18.1 Å². The van der Waals surface area contributed by atoms with Gasteiger partial charge in [0, 0.05) is 11.5 Å². The van der Waals surface area contributed by atoms with E-state index in [4.69, 9.17) is 9.26 Å². The lowest BCUT2D eigenvalue weighted by Gasteiger charge is -2.40. The molecule has 11 heteroatoms. The second kappa shape index (κ2) is 10.9. The normalized spacial score (nSPS) is 20.6. The van der Waals surface area contributed by atoms with Gasteiger partial charge in [0.2, 0.25) is 14.2 Å². The van der Waals surface area contributed by atoms with Gasteiger partial charge in [-0.2, -0.15) is 16.8 Å². The van der Waals surface area contributed by atoms with Crippen LogP contribution in [0.5, 0.6) is 0 Å². The number of rotatable bonds is 4. The van der Waals surface area contributed by atoms with Gasteiger partial charge in [-0.1, -0.05) is 39.0 Å². The first-order valence-electron chi connectivity index (χ1n) is 10.7. The van der Waals surface area contributed by atoms with Crippen LogP contribution in [0, 0.1) is 6.92 Å². The Labute approximate surface area is 199 Å². The largest absolute Gasteiger partial charge is 0.463 e. The molecule has 0 saturated carbocycles. The summed E-state index contributed by atoms with van der Waals surface area (Å²) in [6.07, 6.45) is -1.46. The third-order valence-corrected chi connectivity index (χ3v) is 11.4. The number of hydroxylamine groups is 2. The lowest BCUT2D eigenvalue weighted by molar-refractivity contribution is -0.145. The van der Waals surface area contributed by atoms with E-state index in [9.17, 15) is 24.6 Å². The Balaban J connectivity index is 2.45. The van der Waals surface area contributed by atoms with E-state index in [1.54, 1.807) is 13.0 Å². The summed E-state index contributed by atoms with van der Waals surface area (Å²) in [5, 5.41) is 22.6. The number of aliphatic hydroxyl groups excluding tert-OH is 1. The van der Waals surface area contributed by atoms with Crippen LogP contribution in [0.4, 0.5) is 4.79 Å². The zero-order valence-corrected chi connectivity index (χ0v) is 21.8. The van der Waals surface area contributed by atoms with Crippen molar-refractivity contribution in [3.8, 4) is 0 Å². The summed E-state index contributed by atoms with van der Waals surface area (Å²) in [7, 11) is -2.65. The maximum absolute atomic E-state index is 13.1. The molecule has 2 rings (SSSR count). The molecule has 1 aliphatic heterocycles. The van der Waals surface area contributed by atoms with Gasteiger partial charge in [-0.25, -0.2) is 9.59 Å². The monoisotopic (exact) mass is 498 g/mol. The molecule has 2 atom stereocenters. The SMILES string of the molecule is Cc1cccc2c1C(=O)OCC(N(O[Si](C)(C)C(C)(C)C)C(=O)O)C(=O)NC(CO)CSC2. The third kappa shape index (κ3) is 6.72. The summed E-state index contributed by atoms with van der Waals surface area (Å²) in [5.74, 6) is -0.446. The quantitative estimate of drug-likeness (QED) is 0.328. The molecule has 9 nitrogen and oxygen atoms in total. The molecule has 0 bridgehead atoms. The minimum absolute atomic E-state index is 0.317. The summed E-state index contributed by atoms with van der Waals surface area (Å²) in [5.41, 5.74) is 1.90. The fourth-order valence-electron chi connectivity index (χ4n) is 2.98. The van der Waals surface area contributed by atoms with E-state index in [-0.39, 0.29) is 11.6 Å². The predicted molar refractivity (Wildman–Crippen MR) is 129 cm³/mol. The number of carbonyl (C=O) groups is 3. The number of aryl methyl sites for hydroxylation is 1. The predicted octanol–water partition coefficient (Wildman–Crippen LogP) is 3.16. The molecule has 0 radical (unpaired) electrons. The minimum Gasteiger partial charge on any atom is -0.463 e. The number of cyclic esters (lactones) is 1. The average molecular weight is 499 g/mol. The van der Waals surface area contributed by atoms with E-state index in [2.05, 4.69) is 5.32 Å². The number of nitrogens with zero attached hydrogens (tertiary/aromatic N) is 1. The number of nitrogens with one attached hydrogen (secondary N) is 1. The molecule has 0 spiro atoms. The molecule has 1 aromatic carbocycles. The van der Waals surface area contributed by atoms with Crippen molar-refractivity contribution in [2.75, 3.05) is 19.0 Å². The molecule has 0 aromatic heterocycles. The molecule has 1 aliphatic rings. The van der Waals surface area contributed by atoms with Crippen molar-refractivity contribution in [1.82, 2.24) is 10.4 Å². The number of fused-ring (bicyclic) bond motifs is 1. The van der Waals surface area contributed by atoms with E-state index < -0.39 is 45.0 Å². The van der Waals surface area contributed by atoms with Crippen molar-refractivity contribution in [2.24, 2.45) is 0 Å². The van der Waals surface area contributed by atoms with Crippen molar-refractivity contribution in [1.29, 1.82) is 0 Å². The Kier molecular flexibility index (Phi) is 8.97. The number of carboxylic acid groups (broad SMARTS) is 1. The smallest absolute Gasteiger partial charge is 0.431 e. The summed E-state index contributed by atoms with van der Waals surface area (Å²) >= 11 is 1.45. The molecule has 33 heavy (non-hydrogen) atoms. The average Bonchev–Trinajstić information content (AvgIpc) is 2.70. The molecule has 1 heterocycles. The number of carbonyl (C=O) groups excluding carboxylic acids is 2. The Morgan fingerprint density at radius 3 is 2.58 bits per heavy atom. The van der Waals surface area contributed by atoms with Crippen LogP contribution in [-0.2, 0) is 19.8 Å². The molecule has 1 aromatic rings. The van der Waals surface area contributed by atoms with Crippen molar-refractivity contribution in [3.63, 3.8) is 0 Å². The van der Waals surface area contributed by atoms with Crippen LogP contribution in [0.3, 0.4) is 0 Å². The fourth-order valence-corrected chi connectivity index (χ4v) is 5.01. The topological polar surface area (TPSA) is 125 Å². The van der Waals surface area contributed by atoms with Crippen molar-refractivity contribution in [2.45, 2.75) is 63.7 Å². The van der Waals surface area contributed by atoms with Gasteiger partial charge in [-0.15, -0.1) is 0 Å². The molecule has 0 saturated heterocycles. The van der Waals surface area contributed by atoms with Crippen LogP contribution in [0.25, 0.3) is 0 Å². The Morgan fingerprint density at radius 2 is 2.00 bits per heavy atom. The number of esters is 1. The zero-order chi connectivity index (χ0) is 25.0. The van der Waals surface area contributed by atoms with Gasteiger partial charge in [0.25, 0.3) is 0 Å². The van der Waals surface area contributed by atoms with Gasteiger partial charge in [-0.3, -0.25) is 4.79 Å². The van der Waals surface area contributed by atoms with Gasteiger partial charge in [0.05, 0.1) is 18.2 Å². The van der Waals surface area contributed by atoms with E-state index in [1.807, 2.05) is 46.0 Å². The lowest BCUT2D eigenvalue weighted by atomic mass is 10.0. The molecular formula is C22H34N2O7SSi. The highest BCUT2D eigenvalue weighted by Gasteiger charge is 2.44. The van der Waals surface area contributed by atoms with Crippen molar-refractivity contribution in [3.05, 3.63) is 34.9 Å². The highest BCUT2D eigenvalue weighted by Crippen LogP contribution is 2.37. The molecule has 0 fully saturated rings. The van der Waals surface area contributed by atoms with Gasteiger partial charge in [0.15, 0.2) is 6.04 Å². The van der Waals surface area contributed by atoms with Crippen LogP contribution in [0.15, 0.2) is 18.2 Å². The van der Waals surface area contributed by atoms with Gasteiger partial charge in [0.1, 0.15) is 6.61 Å². The number of thioether (sulfide) groups is 1. The minimum atomic E-state index is -2.65. The molecule has 2 unspecified atom stereocenters. The van der Waals surface area contributed by atoms with Gasteiger partial charge >= 0.3 is 12.1 Å². The number of benzene rings is 1. The van der Waals surface area contributed by atoms with Crippen molar-refractivity contribution >= 4 is 38.0 Å². The molecule has 2 amide bonds. The maximum Gasteiger partial charge on any atom is 0.431 e. The molecule has 3 N–H and O–H groups in total. The first-order valence-corrected chi connectivity index (χ1v) is 14.8. The highest BCUT2D eigenvalue weighted by atomic mass is 32.2. The Hall–Kier alpha value is -2.08. The Morgan fingerprint density at radius 1 is 1.33 bits per heavy atom. The van der Waals surface area contributed by atoms with Gasteiger partial charge in [-0.05, 0) is 36.2 Å².